The lowest BCUT2D eigenvalue weighted by Crippen LogP contribution is -2.34. The third kappa shape index (κ3) is 2.10. The van der Waals surface area contributed by atoms with Gasteiger partial charge in [-0.05, 0) is 30.4 Å². The van der Waals surface area contributed by atoms with Gasteiger partial charge in [0.1, 0.15) is 0 Å². The van der Waals surface area contributed by atoms with E-state index in [0.29, 0.717) is 0 Å². The number of hydrogen-bond acceptors (Lipinski definition) is 3. The van der Waals surface area contributed by atoms with Gasteiger partial charge >= 0.3 is 0 Å². The minimum absolute atomic E-state index is 0.208. The first-order valence-corrected chi connectivity index (χ1v) is 5.59. The Morgan fingerprint density at radius 1 is 1.69 bits per heavy atom. The summed E-state index contributed by atoms with van der Waals surface area (Å²) in [6.45, 7) is 4.76. The molecule has 0 bridgehead atoms. The summed E-state index contributed by atoms with van der Waals surface area (Å²) in [5.41, 5.74) is 1.46. The number of aliphatic hydroxyl groups excluding tert-OH is 1. The summed E-state index contributed by atoms with van der Waals surface area (Å²) in [6.07, 6.45) is 0.944. The van der Waals surface area contributed by atoms with Crippen molar-refractivity contribution in [2.45, 2.75) is 26.0 Å². The molecule has 0 saturated heterocycles. The average molecular weight is 197 g/mol. The predicted molar refractivity (Wildman–Crippen MR) is 55.0 cm³/mol. The van der Waals surface area contributed by atoms with Crippen LogP contribution in [0.3, 0.4) is 0 Å². The lowest BCUT2D eigenvalue weighted by molar-refractivity contribution is 0.119. The molecule has 0 saturated carbocycles. The Bertz CT molecular complexity index is 282. The molecule has 0 radical (unpaired) electrons. The molecule has 0 spiro atoms. The zero-order valence-corrected chi connectivity index (χ0v) is 8.68. The van der Waals surface area contributed by atoms with E-state index in [4.69, 9.17) is 0 Å². The van der Waals surface area contributed by atoms with E-state index in [-0.39, 0.29) is 6.10 Å². The molecule has 0 amide bonds. The molecular weight excluding hydrogens is 182 g/mol. The van der Waals surface area contributed by atoms with Crippen molar-refractivity contribution in [2.75, 3.05) is 13.1 Å². The normalized spacial score (nSPS) is 19.8. The van der Waals surface area contributed by atoms with Gasteiger partial charge in [-0.3, -0.25) is 4.90 Å². The summed E-state index contributed by atoms with van der Waals surface area (Å²) < 4.78 is 0. The van der Waals surface area contributed by atoms with E-state index in [1.165, 1.54) is 10.4 Å². The molecule has 1 aromatic heterocycles. The van der Waals surface area contributed by atoms with Gasteiger partial charge in [0.25, 0.3) is 0 Å². The van der Waals surface area contributed by atoms with E-state index in [1.807, 2.05) is 18.3 Å². The number of β-amino-alcohol motifs (C(OH)–C–C–N with tert-alkyl or cyclic N) is 1. The minimum Gasteiger partial charge on any atom is -0.392 e. The Balaban J connectivity index is 2.00. The van der Waals surface area contributed by atoms with Crippen molar-refractivity contribution in [3.63, 3.8) is 0 Å². The molecule has 2 rings (SSSR count). The van der Waals surface area contributed by atoms with Gasteiger partial charge in [0, 0.05) is 24.5 Å². The second kappa shape index (κ2) is 3.78. The largest absolute Gasteiger partial charge is 0.392 e. The van der Waals surface area contributed by atoms with Crippen LogP contribution in [0.4, 0.5) is 0 Å². The number of fused-ring (bicyclic) bond motifs is 1. The second-order valence-corrected chi connectivity index (χ2v) is 4.70. The maximum Gasteiger partial charge on any atom is 0.0639 e. The highest BCUT2D eigenvalue weighted by Crippen LogP contribution is 2.23. The van der Waals surface area contributed by atoms with Crippen LogP contribution in [0, 0.1) is 0 Å². The van der Waals surface area contributed by atoms with Crippen LogP contribution in [-0.4, -0.2) is 29.2 Å². The zero-order chi connectivity index (χ0) is 9.26. The van der Waals surface area contributed by atoms with E-state index < -0.39 is 0 Å². The minimum atomic E-state index is -0.208. The van der Waals surface area contributed by atoms with Crippen molar-refractivity contribution < 1.29 is 5.11 Å². The highest BCUT2D eigenvalue weighted by Gasteiger charge is 2.17. The van der Waals surface area contributed by atoms with E-state index in [2.05, 4.69) is 16.3 Å². The van der Waals surface area contributed by atoms with Crippen molar-refractivity contribution in [1.29, 1.82) is 0 Å². The first-order valence-electron chi connectivity index (χ1n) is 4.71. The van der Waals surface area contributed by atoms with Crippen molar-refractivity contribution in [1.82, 2.24) is 4.90 Å². The fourth-order valence-corrected chi connectivity index (χ4v) is 2.73. The summed E-state index contributed by atoms with van der Waals surface area (Å²) in [5.74, 6) is 0. The molecular formula is C10H15NOS. The molecule has 1 aliphatic rings. The molecule has 0 aromatic carbocycles. The molecule has 72 valence electrons. The molecule has 1 N–H and O–H groups in total. The van der Waals surface area contributed by atoms with Crippen LogP contribution >= 0.6 is 11.3 Å². The fourth-order valence-electron chi connectivity index (χ4n) is 1.84. The highest BCUT2D eigenvalue weighted by molar-refractivity contribution is 7.10. The van der Waals surface area contributed by atoms with Gasteiger partial charge < -0.3 is 5.11 Å². The standard InChI is InChI=1S/C10H15NOS/c1-8(12)6-11-4-2-10-9(7-11)3-5-13-10/h3,5,8,12H,2,4,6-7H2,1H3/t8-/m1/s1. The summed E-state index contributed by atoms with van der Waals surface area (Å²) in [4.78, 5) is 3.85. The van der Waals surface area contributed by atoms with E-state index in [1.54, 1.807) is 0 Å². The Labute approximate surface area is 82.8 Å². The van der Waals surface area contributed by atoms with Crippen LogP contribution in [-0.2, 0) is 13.0 Å². The van der Waals surface area contributed by atoms with Crippen LogP contribution in [0.2, 0.25) is 0 Å². The van der Waals surface area contributed by atoms with Crippen molar-refractivity contribution in [3.8, 4) is 0 Å². The fraction of sp³-hybridized carbons (Fsp3) is 0.600. The summed E-state index contributed by atoms with van der Waals surface area (Å²) in [7, 11) is 0. The molecule has 2 heterocycles. The van der Waals surface area contributed by atoms with Gasteiger partial charge in [-0.15, -0.1) is 11.3 Å². The maximum absolute atomic E-state index is 9.26. The molecule has 3 heteroatoms. The quantitative estimate of drug-likeness (QED) is 0.776. The number of aliphatic hydroxyl groups is 1. The third-order valence-corrected chi connectivity index (χ3v) is 3.43. The molecule has 13 heavy (non-hydrogen) atoms. The van der Waals surface area contributed by atoms with Gasteiger partial charge in [-0.25, -0.2) is 0 Å². The van der Waals surface area contributed by atoms with Gasteiger partial charge in [0.05, 0.1) is 6.10 Å². The lowest BCUT2D eigenvalue weighted by Gasteiger charge is -2.27. The molecule has 1 aromatic rings. The Morgan fingerprint density at radius 2 is 2.54 bits per heavy atom. The van der Waals surface area contributed by atoms with Gasteiger partial charge in [-0.1, -0.05) is 0 Å². The molecule has 1 atom stereocenters. The summed E-state index contributed by atoms with van der Waals surface area (Å²) in [6, 6.07) is 2.20. The summed E-state index contributed by atoms with van der Waals surface area (Å²) in [5, 5.41) is 11.4. The topological polar surface area (TPSA) is 23.5 Å². The SMILES string of the molecule is C[C@@H](O)CN1CCc2sccc2C1. The van der Waals surface area contributed by atoms with Crippen molar-refractivity contribution in [3.05, 3.63) is 21.9 Å². The van der Waals surface area contributed by atoms with E-state index >= 15 is 0 Å². The summed E-state index contributed by atoms with van der Waals surface area (Å²) >= 11 is 1.86. The molecule has 0 aliphatic carbocycles. The van der Waals surface area contributed by atoms with E-state index in [9.17, 15) is 5.11 Å². The number of thiophene rings is 1. The Kier molecular flexibility index (Phi) is 2.67. The predicted octanol–water partition coefficient (Wildman–Crippen LogP) is 1.49. The van der Waals surface area contributed by atoms with Gasteiger partial charge in [0.2, 0.25) is 0 Å². The van der Waals surface area contributed by atoms with Crippen LogP contribution in [0.5, 0.6) is 0 Å². The molecule has 2 nitrogen and oxygen atoms in total. The van der Waals surface area contributed by atoms with Crippen LogP contribution in [0.15, 0.2) is 11.4 Å². The number of hydrogen-bond donors (Lipinski definition) is 1. The third-order valence-electron chi connectivity index (χ3n) is 2.41. The van der Waals surface area contributed by atoms with Gasteiger partial charge in [-0.2, -0.15) is 0 Å². The number of rotatable bonds is 2. The molecule has 0 unspecified atom stereocenters. The first kappa shape index (κ1) is 9.19. The zero-order valence-electron chi connectivity index (χ0n) is 7.86. The van der Waals surface area contributed by atoms with Crippen LogP contribution < -0.4 is 0 Å². The lowest BCUT2D eigenvalue weighted by atomic mass is 10.1. The second-order valence-electron chi connectivity index (χ2n) is 3.70. The molecule has 0 fully saturated rings. The average Bonchev–Trinajstić information content (AvgIpc) is 2.49. The Hall–Kier alpha value is -0.380. The van der Waals surface area contributed by atoms with Crippen LogP contribution in [0.1, 0.15) is 17.4 Å². The first-order chi connectivity index (χ1) is 6.25. The van der Waals surface area contributed by atoms with Crippen molar-refractivity contribution >= 4 is 11.3 Å². The molecule has 1 aliphatic heterocycles. The maximum atomic E-state index is 9.26. The van der Waals surface area contributed by atoms with Crippen LogP contribution in [0.25, 0.3) is 0 Å². The smallest absolute Gasteiger partial charge is 0.0639 e. The number of nitrogens with zero attached hydrogens (tertiary/aromatic N) is 1. The Morgan fingerprint density at radius 3 is 3.31 bits per heavy atom. The highest BCUT2D eigenvalue weighted by atomic mass is 32.1. The van der Waals surface area contributed by atoms with Gasteiger partial charge in [0.15, 0.2) is 0 Å². The van der Waals surface area contributed by atoms with E-state index in [0.717, 1.165) is 26.1 Å². The monoisotopic (exact) mass is 197 g/mol. The van der Waals surface area contributed by atoms with Crippen molar-refractivity contribution in [2.24, 2.45) is 0 Å².